The molecule has 1 heterocycles. The van der Waals surface area contributed by atoms with E-state index in [1.165, 1.54) is 6.92 Å². The van der Waals surface area contributed by atoms with Gasteiger partial charge in [0.25, 0.3) is 11.8 Å². The van der Waals surface area contributed by atoms with Crippen LogP contribution in [0.5, 0.6) is 0 Å². The fourth-order valence-corrected chi connectivity index (χ4v) is 2.86. The van der Waals surface area contributed by atoms with Crippen molar-refractivity contribution in [2.75, 3.05) is 18.1 Å². The van der Waals surface area contributed by atoms with Gasteiger partial charge in [-0.3, -0.25) is 9.59 Å². The Kier molecular flexibility index (Phi) is 5.31. The molecule has 0 saturated carbocycles. The van der Waals surface area contributed by atoms with Crippen molar-refractivity contribution in [1.82, 2.24) is 5.32 Å². The largest absolute Gasteiger partial charge is 0.454 e. The van der Waals surface area contributed by atoms with Crippen LogP contribution in [0.15, 0.2) is 54.6 Å². The van der Waals surface area contributed by atoms with Crippen molar-refractivity contribution in [3.8, 4) is 0 Å². The zero-order valence-electron chi connectivity index (χ0n) is 14.5. The number of carbonyl (C=O) groups is 3. The van der Waals surface area contributed by atoms with E-state index < -0.39 is 12.0 Å². The van der Waals surface area contributed by atoms with Gasteiger partial charge >= 0.3 is 5.97 Å². The number of nitrogens with zero attached hydrogens (tertiary/aromatic N) is 1. The number of nitrogens with one attached hydrogen (secondary N) is 1. The fourth-order valence-electron chi connectivity index (χ4n) is 2.86. The van der Waals surface area contributed by atoms with Gasteiger partial charge in [0.2, 0.25) is 0 Å². The Labute approximate surface area is 151 Å². The molecule has 2 aromatic rings. The predicted octanol–water partition coefficient (Wildman–Crippen LogP) is 1.94. The van der Waals surface area contributed by atoms with Crippen LogP contribution in [0, 0.1) is 0 Å². The molecule has 2 aromatic carbocycles. The van der Waals surface area contributed by atoms with Crippen molar-refractivity contribution < 1.29 is 19.1 Å². The van der Waals surface area contributed by atoms with Crippen LogP contribution in [0.3, 0.4) is 0 Å². The second-order valence-electron chi connectivity index (χ2n) is 6.09. The Morgan fingerprint density at radius 2 is 1.77 bits per heavy atom. The summed E-state index contributed by atoms with van der Waals surface area (Å²) in [5.41, 5.74) is 2.42. The summed E-state index contributed by atoms with van der Waals surface area (Å²) >= 11 is 0. The third-order valence-corrected chi connectivity index (χ3v) is 4.26. The average molecular weight is 352 g/mol. The molecule has 0 radical (unpaired) electrons. The smallest absolute Gasteiger partial charge is 0.328 e. The first-order chi connectivity index (χ1) is 12.6. The minimum atomic E-state index is -0.846. The van der Waals surface area contributed by atoms with Crippen LogP contribution in [-0.4, -0.2) is 37.0 Å². The number of carbonyl (C=O) groups excluding carboxylic acids is 3. The van der Waals surface area contributed by atoms with E-state index in [4.69, 9.17) is 4.74 Å². The SMILES string of the molecule is C[C@@H](NC(=O)c1ccccc1)C(=O)OCC(=O)N1CCc2ccccc21. The van der Waals surface area contributed by atoms with E-state index in [1.54, 1.807) is 35.2 Å². The molecule has 1 aliphatic rings. The molecule has 0 fully saturated rings. The van der Waals surface area contributed by atoms with Crippen molar-refractivity contribution in [3.63, 3.8) is 0 Å². The molecule has 6 heteroatoms. The molecule has 0 aromatic heterocycles. The molecule has 1 N–H and O–H groups in total. The van der Waals surface area contributed by atoms with Gasteiger partial charge in [0.1, 0.15) is 6.04 Å². The molecule has 0 saturated heterocycles. The lowest BCUT2D eigenvalue weighted by molar-refractivity contribution is -0.149. The maximum atomic E-state index is 12.3. The van der Waals surface area contributed by atoms with Gasteiger partial charge in [0.05, 0.1) is 0 Å². The number of benzene rings is 2. The summed E-state index contributed by atoms with van der Waals surface area (Å²) in [6, 6.07) is 15.4. The van der Waals surface area contributed by atoms with Gasteiger partial charge in [-0.25, -0.2) is 4.79 Å². The highest BCUT2D eigenvalue weighted by molar-refractivity contribution is 5.98. The molecule has 3 rings (SSSR count). The Bertz CT molecular complexity index is 820. The van der Waals surface area contributed by atoms with Crippen LogP contribution in [0.1, 0.15) is 22.8 Å². The number of para-hydroxylation sites is 1. The molecular formula is C20H20N2O4. The van der Waals surface area contributed by atoms with E-state index in [0.29, 0.717) is 12.1 Å². The van der Waals surface area contributed by atoms with Crippen molar-refractivity contribution >= 4 is 23.5 Å². The summed E-state index contributed by atoms with van der Waals surface area (Å²) in [4.78, 5) is 38.1. The van der Waals surface area contributed by atoms with Gasteiger partial charge in [-0.05, 0) is 37.1 Å². The molecule has 0 unspecified atom stereocenters. The third kappa shape index (κ3) is 3.91. The number of rotatable bonds is 5. The third-order valence-electron chi connectivity index (χ3n) is 4.26. The van der Waals surface area contributed by atoms with E-state index in [2.05, 4.69) is 5.32 Å². The Morgan fingerprint density at radius 3 is 2.54 bits per heavy atom. The van der Waals surface area contributed by atoms with E-state index in [1.807, 2.05) is 24.3 Å². The summed E-state index contributed by atoms with van der Waals surface area (Å²) < 4.78 is 5.08. The van der Waals surface area contributed by atoms with Crippen LogP contribution < -0.4 is 10.2 Å². The first-order valence-electron chi connectivity index (χ1n) is 8.47. The van der Waals surface area contributed by atoms with Gasteiger partial charge in [0, 0.05) is 17.8 Å². The minimum Gasteiger partial charge on any atom is -0.454 e. The molecule has 1 atom stereocenters. The van der Waals surface area contributed by atoms with Crippen molar-refractivity contribution in [3.05, 3.63) is 65.7 Å². The van der Waals surface area contributed by atoms with Crippen LogP contribution in [0.25, 0.3) is 0 Å². The maximum Gasteiger partial charge on any atom is 0.328 e. The quantitative estimate of drug-likeness (QED) is 0.835. The molecule has 2 amide bonds. The molecule has 1 aliphatic heterocycles. The lowest BCUT2D eigenvalue weighted by atomic mass is 10.2. The number of ether oxygens (including phenoxy) is 1. The summed E-state index contributed by atoms with van der Waals surface area (Å²) in [5.74, 6) is -1.28. The number of hydrogen-bond acceptors (Lipinski definition) is 4. The van der Waals surface area contributed by atoms with Crippen LogP contribution in [0.4, 0.5) is 5.69 Å². The second-order valence-corrected chi connectivity index (χ2v) is 6.09. The van der Waals surface area contributed by atoms with E-state index in [9.17, 15) is 14.4 Å². The van der Waals surface area contributed by atoms with Gasteiger partial charge in [-0.15, -0.1) is 0 Å². The molecule has 0 spiro atoms. The average Bonchev–Trinajstić information content (AvgIpc) is 3.10. The van der Waals surface area contributed by atoms with Crippen molar-refractivity contribution in [2.45, 2.75) is 19.4 Å². The Balaban J connectivity index is 1.51. The Morgan fingerprint density at radius 1 is 1.08 bits per heavy atom. The number of anilines is 1. The van der Waals surface area contributed by atoms with Gasteiger partial charge < -0.3 is 15.0 Å². The number of amides is 2. The monoisotopic (exact) mass is 352 g/mol. The van der Waals surface area contributed by atoms with Crippen LogP contribution in [-0.2, 0) is 20.7 Å². The van der Waals surface area contributed by atoms with E-state index in [-0.39, 0.29) is 18.4 Å². The first-order valence-corrected chi connectivity index (χ1v) is 8.47. The topological polar surface area (TPSA) is 75.7 Å². The first kappa shape index (κ1) is 17.7. The van der Waals surface area contributed by atoms with Crippen LogP contribution in [0.2, 0.25) is 0 Å². The molecule has 6 nitrogen and oxygen atoms in total. The second kappa shape index (κ2) is 7.82. The van der Waals surface area contributed by atoms with Crippen molar-refractivity contribution in [1.29, 1.82) is 0 Å². The maximum absolute atomic E-state index is 12.3. The number of esters is 1. The molecule has 0 aliphatic carbocycles. The predicted molar refractivity (Wildman–Crippen MR) is 96.8 cm³/mol. The number of fused-ring (bicyclic) bond motifs is 1. The van der Waals surface area contributed by atoms with E-state index >= 15 is 0 Å². The minimum absolute atomic E-state index is 0.273. The van der Waals surface area contributed by atoms with Crippen LogP contribution >= 0.6 is 0 Å². The van der Waals surface area contributed by atoms with Gasteiger partial charge in [0.15, 0.2) is 6.61 Å². The van der Waals surface area contributed by atoms with Gasteiger partial charge in [-0.2, -0.15) is 0 Å². The fraction of sp³-hybridized carbons (Fsp3) is 0.250. The summed E-state index contributed by atoms with van der Waals surface area (Å²) in [5, 5.41) is 2.57. The lowest BCUT2D eigenvalue weighted by Gasteiger charge is -2.18. The molecule has 26 heavy (non-hydrogen) atoms. The van der Waals surface area contributed by atoms with Gasteiger partial charge in [-0.1, -0.05) is 36.4 Å². The highest BCUT2D eigenvalue weighted by Gasteiger charge is 2.26. The zero-order valence-corrected chi connectivity index (χ0v) is 14.5. The summed E-state index contributed by atoms with van der Waals surface area (Å²) in [6.07, 6.45) is 0.791. The van der Waals surface area contributed by atoms with E-state index in [0.717, 1.165) is 17.7 Å². The number of hydrogen-bond donors (Lipinski definition) is 1. The highest BCUT2D eigenvalue weighted by atomic mass is 16.5. The molecular weight excluding hydrogens is 332 g/mol. The summed E-state index contributed by atoms with van der Waals surface area (Å²) in [6.45, 7) is 1.76. The normalized spacial score (nSPS) is 13.7. The standard InChI is InChI=1S/C20H20N2O4/c1-14(21-19(24)16-8-3-2-4-9-16)20(25)26-13-18(23)22-12-11-15-7-5-6-10-17(15)22/h2-10,14H,11-13H2,1H3,(H,21,24)/t14-/m1/s1. The van der Waals surface area contributed by atoms with Crippen molar-refractivity contribution in [2.24, 2.45) is 0 Å². The molecule has 134 valence electrons. The lowest BCUT2D eigenvalue weighted by Crippen LogP contribution is -2.41. The zero-order chi connectivity index (χ0) is 18.5. The summed E-state index contributed by atoms with van der Waals surface area (Å²) in [7, 11) is 0. The molecule has 0 bridgehead atoms. The Hall–Kier alpha value is -3.15. The highest BCUT2D eigenvalue weighted by Crippen LogP contribution is 2.27.